The van der Waals surface area contributed by atoms with Crippen LogP contribution >= 0.6 is 0 Å². The summed E-state index contributed by atoms with van der Waals surface area (Å²) in [5.74, 6) is -8.33. The lowest BCUT2D eigenvalue weighted by Crippen LogP contribution is -2.28. The van der Waals surface area contributed by atoms with E-state index in [0.717, 1.165) is 12.1 Å². The van der Waals surface area contributed by atoms with Crippen molar-refractivity contribution in [3.8, 4) is 11.5 Å². The highest BCUT2D eigenvalue weighted by atomic mass is 19.4. The summed E-state index contributed by atoms with van der Waals surface area (Å²) in [6.45, 7) is 3.51. The van der Waals surface area contributed by atoms with Crippen molar-refractivity contribution in [2.24, 2.45) is 5.92 Å². The van der Waals surface area contributed by atoms with Gasteiger partial charge in [-0.05, 0) is 25.5 Å². The van der Waals surface area contributed by atoms with E-state index in [-0.39, 0.29) is 36.8 Å². The summed E-state index contributed by atoms with van der Waals surface area (Å²) in [5, 5.41) is 0. The van der Waals surface area contributed by atoms with Gasteiger partial charge in [0.05, 0.1) is 18.8 Å². The van der Waals surface area contributed by atoms with Crippen molar-refractivity contribution in [3.05, 3.63) is 58.9 Å². The van der Waals surface area contributed by atoms with Crippen LogP contribution in [-0.2, 0) is 20.3 Å². The summed E-state index contributed by atoms with van der Waals surface area (Å²) in [4.78, 5) is 0. The van der Waals surface area contributed by atoms with Crippen molar-refractivity contribution in [3.63, 3.8) is 0 Å². The van der Waals surface area contributed by atoms with E-state index in [9.17, 15) is 35.1 Å². The predicted molar refractivity (Wildman–Crippen MR) is 103 cm³/mol. The third-order valence-corrected chi connectivity index (χ3v) is 4.86. The van der Waals surface area contributed by atoms with Gasteiger partial charge in [0.15, 0.2) is 17.9 Å². The summed E-state index contributed by atoms with van der Waals surface area (Å²) in [6.07, 6.45) is -10.2. The lowest BCUT2D eigenvalue weighted by atomic mass is 10.1. The van der Waals surface area contributed by atoms with E-state index in [0.29, 0.717) is 25.7 Å². The Morgan fingerprint density at radius 2 is 1.51 bits per heavy atom. The monoisotopic (exact) mass is 516 g/mol. The number of ether oxygens (including phenoxy) is 5. The molecule has 35 heavy (non-hydrogen) atoms. The summed E-state index contributed by atoms with van der Waals surface area (Å²) in [5.41, 5.74) is -1.18. The first-order valence-electron chi connectivity index (χ1n) is 10.3. The number of halogens is 8. The van der Waals surface area contributed by atoms with Crippen LogP contribution in [0.4, 0.5) is 35.1 Å². The highest BCUT2D eigenvalue weighted by Crippen LogP contribution is 2.38. The molecule has 0 aromatic heterocycles. The molecule has 0 bridgehead atoms. The minimum absolute atomic E-state index is 0.0494. The molecule has 13 heteroatoms. The van der Waals surface area contributed by atoms with Gasteiger partial charge in [-0.1, -0.05) is 6.07 Å². The van der Waals surface area contributed by atoms with Gasteiger partial charge >= 0.3 is 12.5 Å². The number of benzene rings is 2. The van der Waals surface area contributed by atoms with Crippen molar-refractivity contribution in [1.82, 2.24) is 0 Å². The van der Waals surface area contributed by atoms with E-state index >= 15 is 0 Å². The maximum absolute atomic E-state index is 14.5. The second-order valence-corrected chi connectivity index (χ2v) is 7.47. The molecule has 1 aliphatic heterocycles. The number of alkyl halides is 5. The van der Waals surface area contributed by atoms with Gasteiger partial charge in [0.2, 0.25) is 5.75 Å². The van der Waals surface area contributed by atoms with Crippen molar-refractivity contribution < 1.29 is 58.8 Å². The van der Waals surface area contributed by atoms with Gasteiger partial charge in [0.1, 0.15) is 11.6 Å². The largest absolute Gasteiger partial charge is 0.573 e. The second-order valence-electron chi connectivity index (χ2n) is 7.47. The molecule has 0 N–H and O–H groups in total. The first kappa shape index (κ1) is 27.0. The Kier molecular flexibility index (Phi) is 8.44. The lowest BCUT2D eigenvalue weighted by molar-refractivity contribution is -0.276. The lowest BCUT2D eigenvalue weighted by Gasteiger charge is -2.30. The molecule has 5 nitrogen and oxygen atoms in total. The molecule has 1 saturated heterocycles. The zero-order valence-electron chi connectivity index (χ0n) is 18.1. The molecule has 0 aliphatic carbocycles. The highest BCUT2D eigenvalue weighted by molar-refractivity contribution is 5.36. The fourth-order valence-electron chi connectivity index (χ4n) is 3.22. The van der Waals surface area contributed by atoms with Gasteiger partial charge in [-0.25, -0.2) is 13.2 Å². The molecule has 0 unspecified atom stereocenters. The molecule has 3 rings (SSSR count). The molecule has 0 saturated carbocycles. The molecule has 1 heterocycles. The minimum atomic E-state index is -5.42. The zero-order chi connectivity index (χ0) is 25.8. The molecule has 0 radical (unpaired) electrons. The van der Waals surface area contributed by atoms with Gasteiger partial charge in [-0.3, -0.25) is 0 Å². The minimum Gasteiger partial charge on any atom is -0.429 e. The van der Waals surface area contributed by atoms with Gasteiger partial charge < -0.3 is 23.7 Å². The zero-order valence-corrected chi connectivity index (χ0v) is 18.1. The Morgan fingerprint density at radius 1 is 0.886 bits per heavy atom. The average molecular weight is 516 g/mol. The number of rotatable bonds is 9. The third kappa shape index (κ3) is 7.18. The molecular weight excluding hydrogens is 496 g/mol. The first-order valence-corrected chi connectivity index (χ1v) is 10.3. The van der Waals surface area contributed by atoms with Gasteiger partial charge in [0, 0.05) is 36.8 Å². The molecule has 2 aromatic carbocycles. The summed E-state index contributed by atoms with van der Waals surface area (Å²) < 4.78 is 131. The van der Waals surface area contributed by atoms with Crippen LogP contribution in [0.2, 0.25) is 0 Å². The number of hydrogen-bond acceptors (Lipinski definition) is 5. The van der Waals surface area contributed by atoms with E-state index in [2.05, 4.69) is 9.47 Å². The molecule has 0 amide bonds. The van der Waals surface area contributed by atoms with Crippen LogP contribution in [0.15, 0.2) is 30.3 Å². The Bertz CT molecular complexity index is 983. The molecule has 0 atom stereocenters. The fraction of sp³-hybridized carbons (Fsp3) is 0.455. The Hall–Kier alpha value is -2.64. The van der Waals surface area contributed by atoms with Crippen molar-refractivity contribution in [1.29, 1.82) is 0 Å². The Morgan fingerprint density at radius 3 is 2.06 bits per heavy atom. The summed E-state index contributed by atoms with van der Waals surface area (Å²) in [6, 6.07) is 2.61. The van der Waals surface area contributed by atoms with Crippen LogP contribution in [0.5, 0.6) is 11.5 Å². The van der Waals surface area contributed by atoms with E-state index in [1.54, 1.807) is 0 Å². The summed E-state index contributed by atoms with van der Waals surface area (Å²) >= 11 is 0. The SMILES string of the molecule is CCOCCC1COC(c2ccc(C(F)(F)Oc3cc(F)c(OC(F)(F)F)c(F)c3)c(F)c2)OC1. The van der Waals surface area contributed by atoms with E-state index < -0.39 is 53.3 Å². The Labute approximate surface area is 194 Å². The fourth-order valence-corrected chi connectivity index (χ4v) is 3.22. The topological polar surface area (TPSA) is 46.2 Å². The smallest absolute Gasteiger partial charge is 0.429 e. The maximum atomic E-state index is 14.5. The van der Waals surface area contributed by atoms with Crippen LogP contribution in [0.25, 0.3) is 0 Å². The average Bonchev–Trinajstić information content (AvgIpc) is 2.76. The molecular formula is C22H20F8O5. The van der Waals surface area contributed by atoms with E-state index in [1.165, 1.54) is 0 Å². The van der Waals surface area contributed by atoms with Gasteiger partial charge in [-0.15, -0.1) is 13.2 Å². The standard InChI is InChI=1S/C22H20F8O5/c1-2-31-6-5-12-10-32-20(33-11-12)13-3-4-15(16(23)7-13)21(26,27)34-14-8-17(24)19(18(25)9-14)35-22(28,29)30/h3-4,7-9,12,20H,2,5-6,10-11H2,1H3. The summed E-state index contributed by atoms with van der Waals surface area (Å²) in [7, 11) is 0. The van der Waals surface area contributed by atoms with Gasteiger partial charge in [-0.2, -0.15) is 8.78 Å². The van der Waals surface area contributed by atoms with Crippen molar-refractivity contribution >= 4 is 0 Å². The molecule has 194 valence electrons. The van der Waals surface area contributed by atoms with E-state index in [4.69, 9.17) is 14.2 Å². The quantitative estimate of drug-likeness (QED) is 0.293. The van der Waals surface area contributed by atoms with Crippen LogP contribution in [-0.4, -0.2) is 32.8 Å². The Balaban J connectivity index is 1.69. The van der Waals surface area contributed by atoms with Crippen molar-refractivity contribution in [2.45, 2.75) is 32.1 Å². The van der Waals surface area contributed by atoms with Crippen LogP contribution < -0.4 is 9.47 Å². The number of hydrogen-bond donors (Lipinski definition) is 0. The maximum Gasteiger partial charge on any atom is 0.573 e. The molecule has 2 aromatic rings. The van der Waals surface area contributed by atoms with Crippen LogP contribution in [0.3, 0.4) is 0 Å². The van der Waals surface area contributed by atoms with E-state index in [1.807, 2.05) is 6.92 Å². The first-order chi connectivity index (χ1) is 16.4. The van der Waals surface area contributed by atoms with Crippen molar-refractivity contribution in [2.75, 3.05) is 26.4 Å². The predicted octanol–water partition coefficient (Wildman–Crippen LogP) is 6.22. The van der Waals surface area contributed by atoms with Crippen LogP contribution in [0.1, 0.15) is 30.8 Å². The normalized spacial score (nSPS) is 19.0. The third-order valence-electron chi connectivity index (χ3n) is 4.86. The molecule has 1 fully saturated rings. The molecule has 0 spiro atoms. The van der Waals surface area contributed by atoms with Gasteiger partial charge in [0.25, 0.3) is 0 Å². The van der Waals surface area contributed by atoms with Crippen LogP contribution in [0, 0.1) is 23.4 Å². The highest BCUT2D eigenvalue weighted by Gasteiger charge is 2.39. The molecule has 1 aliphatic rings. The second kappa shape index (κ2) is 11.0.